The summed E-state index contributed by atoms with van der Waals surface area (Å²) in [7, 11) is -3.59. The van der Waals surface area contributed by atoms with Crippen LogP contribution in [0.5, 0.6) is 11.5 Å². The number of hydrogen-bond acceptors (Lipinski definition) is 3. The number of para-hydroxylation sites is 2. The third-order valence-corrected chi connectivity index (χ3v) is 6.92. The summed E-state index contributed by atoms with van der Waals surface area (Å²) >= 11 is 0. The molecule has 2 aromatic rings. The highest BCUT2D eigenvalue weighted by Gasteiger charge is 2.49. The Morgan fingerprint density at radius 1 is 0.778 bits per heavy atom. The van der Waals surface area contributed by atoms with Gasteiger partial charge in [0.2, 0.25) is 0 Å². The lowest BCUT2D eigenvalue weighted by atomic mass is 10.2. The average Bonchev–Trinajstić information content (AvgIpc) is 2.95. The molecule has 2 aromatic carbocycles. The van der Waals surface area contributed by atoms with Gasteiger partial charge in [-0.15, -0.1) is 0 Å². The minimum Gasteiger partial charge on any atom is -0.384 e. The zero-order valence-corrected chi connectivity index (χ0v) is 16.4. The van der Waals surface area contributed by atoms with Crippen LogP contribution in [0.4, 0.5) is 0 Å². The maximum atomic E-state index is 14.1. The molecule has 0 saturated carbocycles. The van der Waals surface area contributed by atoms with Crippen LogP contribution in [-0.2, 0) is 4.57 Å². The molecule has 0 radical (unpaired) electrons. The molecule has 0 amide bonds. The Kier molecular flexibility index (Phi) is 5.49. The lowest BCUT2D eigenvalue weighted by molar-refractivity contribution is -0.537. The van der Waals surface area contributed by atoms with Gasteiger partial charge in [0.15, 0.2) is 0 Å². The predicted molar refractivity (Wildman–Crippen MR) is 107 cm³/mol. The van der Waals surface area contributed by atoms with Crippen molar-refractivity contribution in [3.8, 4) is 11.5 Å². The number of rotatable bonds is 5. The smallest absolute Gasteiger partial charge is 0.384 e. The topological polar surface area (TPSA) is 41.8 Å². The summed E-state index contributed by atoms with van der Waals surface area (Å²) < 4.78 is 30.5. The Labute approximate surface area is 160 Å². The fourth-order valence-corrected chi connectivity index (χ4v) is 5.64. The molecule has 2 heterocycles. The average molecular weight is 385 g/mol. The third kappa shape index (κ3) is 4.19. The first-order valence-corrected chi connectivity index (χ1v) is 11.2. The van der Waals surface area contributed by atoms with Crippen LogP contribution < -0.4 is 9.05 Å². The lowest BCUT2D eigenvalue weighted by Crippen LogP contribution is -2.43. The molecule has 0 saturated heterocycles. The molecular formula is C21H26N2O3P+. The molecule has 0 fully saturated rings. The molecule has 6 heteroatoms. The number of hydrogen-bond donors (Lipinski definition) is 0. The second-order valence-corrected chi connectivity index (χ2v) is 8.75. The molecule has 0 aromatic heterocycles. The highest BCUT2D eigenvalue weighted by Crippen LogP contribution is 2.53. The molecular weight excluding hydrogens is 359 g/mol. The van der Waals surface area contributed by atoms with Crippen LogP contribution in [-0.4, -0.2) is 34.7 Å². The van der Waals surface area contributed by atoms with Crippen molar-refractivity contribution in [2.45, 2.75) is 32.1 Å². The van der Waals surface area contributed by atoms with E-state index in [-0.39, 0.29) is 0 Å². The molecule has 0 N–H and O–H groups in total. The molecule has 2 aliphatic rings. The first-order valence-electron chi connectivity index (χ1n) is 9.73. The van der Waals surface area contributed by atoms with Crippen LogP contribution >= 0.6 is 7.75 Å². The van der Waals surface area contributed by atoms with E-state index in [1.54, 1.807) is 0 Å². The number of nitrogens with zero attached hydrogens (tertiary/aromatic N) is 2. The molecule has 27 heavy (non-hydrogen) atoms. The highest BCUT2D eigenvalue weighted by atomic mass is 31.2. The van der Waals surface area contributed by atoms with Gasteiger partial charge in [0, 0.05) is 12.8 Å². The van der Waals surface area contributed by atoms with Crippen molar-refractivity contribution < 1.29 is 18.2 Å². The maximum absolute atomic E-state index is 14.1. The van der Waals surface area contributed by atoms with Gasteiger partial charge < -0.3 is 9.05 Å². The van der Waals surface area contributed by atoms with E-state index in [1.165, 1.54) is 12.8 Å². The van der Waals surface area contributed by atoms with E-state index < -0.39 is 7.75 Å². The fourth-order valence-electron chi connectivity index (χ4n) is 3.73. The van der Waals surface area contributed by atoms with Gasteiger partial charge in [-0.1, -0.05) is 36.4 Å². The van der Waals surface area contributed by atoms with E-state index >= 15 is 0 Å². The van der Waals surface area contributed by atoms with Crippen molar-refractivity contribution in [1.29, 1.82) is 0 Å². The fraction of sp³-hybridized carbons (Fsp3) is 0.381. The van der Waals surface area contributed by atoms with Gasteiger partial charge in [-0.05, 0) is 43.5 Å². The van der Waals surface area contributed by atoms with Gasteiger partial charge in [-0.25, -0.2) is 0 Å². The molecule has 0 atom stereocenters. The molecule has 0 bridgehead atoms. The van der Waals surface area contributed by atoms with Gasteiger partial charge in [0.05, 0.1) is 13.1 Å². The Morgan fingerprint density at radius 3 is 2.00 bits per heavy atom. The van der Waals surface area contributed by atoms with Crippen LogP contribution in [0.3, 0.4) is 0 Å². The summed E-state index contributed by atoms with van der Waals surface area (Å²) in [6.45, 7) is 2.72. The van der Waals surface area contributed by atoms with Crippen molar-refractivity contribution >= 4 is 13.6 Å². The van der Waals surface area contributed by atoms with Gasteiger partial charge in [0.1, 0.15) is 18.0 Å². The summed E-state index contributed by atoms with van der Waals surface area (Å²) in [5.41, 5.74) is 0. The summed E-state index contributed by atoms with van der Waals surface area (Å²) in [4.78, 5) is 0. The van der Waals surface area contributed by atoms with Crippen molar-refractivity contribution in [1.82, 2.24) is 4.67 Å². The Hall–Kier alpha value is -2.26. The van der Waals surface area contributed by atoms with E-state index in [9.17, 15) is 4.57 Å². The minimum atomic E-state index is -3.59. The molecule has 2 aliphatic heterocycles. The zero-order valence-electron chi connectivity index (χ0n) is 15.5. The van der Waals surface area contributed by atoms with Gasteiger partial charge in [-0.2, -0.15) is 9.24 Å². The summed E-state index contributed by atoms with van der Waals surface area (Å²) in [5.74, 6) is 2.22. The van der Waals surface area contributed by atoms with Crippen molar-refractivity contribution in [2.75, 3.05) is 19.6 Å². The first kappa shape index (κ1) is 18.1. The van der Waals surface area contributed by atoms with Gasteiger partial charge >= 0.3 is 7.75 Å². The van der Waals surface area contributed by atoms with Crippen molar-refractivity contribution in [3.63, 3.8) is 0 Å². The number of amidine groups is 1. The van der Waals surface area contributed by atoms with Crippen molar-refractivity contribution in [3.05, 3.63) is 60.7 Å². The molecule has 0 unspecified atom stereocenters. The largest absolute Gasteiger partial charge is 0.636 e. The van der Waals surface area contributed by atoms with E-state index in [2.05, 4.69) is 4.58 Å². The normalized spacial score (nSPS) is 17.9. The molecule has 142 valence electrons. The zero-order chi connectivity index (χ0) is 18.5. The van der Waals surface area contributed by atoms with E-state index in [0.29, 0.717) is 18.0 Å². The summed E-state index contributed by atoms with van der Waals surface area (Å²) in [6.07, 6.45) is 5.36. The Balaban J connectivity index is 1.71. The van der Waals surface area contributed by atoms with Crippen LogP contribution in [0.1, 0.15) is 32.1 Å². The quantitative estimate of drug-likeness (QED) is 0.540. The van der Waals surface area contributed by atoms with Crippen molar-refractivity contribution in [2.24, 2.45) is 0 Å². The van der Waals surface area contributed by atoms with Crippen LogP contribution in [0.25, 0.3) is 0 Å². The summed E-state index contributed by atoms with van der Waals surface area (Å²) in [5, 5.41) is 0. The summed E-state index contributed by atoms with van der Waals surface area (Å²) in [6, 6.07) is 18.6. The molecule has 0 aliphatic carbocycles. The van der Waals surface area contributed by atoms with Crippen LogP contribution in [0.2, 0.25) is 0 Å². The molecule has 5 nitrogen and oxygen atoms in total. The monoisotopic (exact) mass is 385 g/mol. The van der Waals surface area contributed by atoms with Crippen LogP contribution in [0.15, 0.2) is 60.7 Å². The van der Waals surface area contributed by atoms with Gasteiger partial charge in [0.25, 0.3) is 5.84 Å². The molecule has 0 spiro atoms. The maximum Gasteiger partial charge on any atom is 0.636 e. The highest BCUT2D eigenvalue weighted by molar-refractivity contribution is 7.52. The Bertz CT molecular complexity index is 794. The first-order chi connectivity index (χ1) is 13.2. The Morgan fingerprint density at radius 2 is 1.37 bits per heavy atom. The van der Waals surface area contributed by atoms with Crippen LogP contribution in [0, 0.1) is 0 Å². The van der Waals surface area contributed by atoms with Gasteiger partial charge in [-0.3, -0.25) is 4.58 Å². The standard InChI is InChI=1S/C21H26N2O3P/c24-27(25-19-11-4-1-5-12-19,26-20-13-6-2-7-14-20)23-18-10-17-22-16-9-3-8-15-21(22)23/h1-2,4-7,11-14H,3,8-10,15-18H2/q+1. The van der Waals surface area contributed by atoms with E-state index in [4.69, 9.17) is 9.05 Å². The molecule has 4 rings (SSSR count). The second-order valence-electron chi connectivity index (χ2n) is 6.97. The van der Waals surface area contributed by atoms with E-state index in [0.717, 1.165) is 38.2 Å². The lowest BCUT2D eigenvalue weighted by Gasteiger charge is -2.30. The SMILES string of the molecule is O=P(Oc1ccccc1)(Oc1ccccc1)N1CCC[N+]2=C1CCCCC2. The second kappa shape index (κ2) is 8.18. The number of benzene rings is 2. The third-order valence-electron chi connectivity index (χ3n) is 5.01. The minimum absolute atomic E-state index is 0.558. The van der Waals surface area contributed by atoms with E-state index in [1.807, 2.05) is 65.3 Å². The predicted octanol–water partition coefficient (Wildman–Crippen LogP) is 4.94.